The van der Waals surface area contributed by atoms with E-state index < -0.39 is 18.2 Å². The van der Waals surface area contributed by atoms with Crippen LogP contribution in [0.4, 0.5) is 13.2 Å². The summed E-state index contributed by atoms with van der Waals surface area (Å²) in [6.45, 7) is -1.97. The second kappa shape index (κ2) is 8.62. The predicted octanol–water partition coefficient (Wildman–Crippen LogP) is 4.78. The molecule has 0 bridgehead atoms. The first-order valence-corrected chi connectivity index (χ1v) is 10.3. The molecule has 1 fully saturated rings. The Morgan fingerprint density at radius 2 is 2.12 bits per heavy atom. The molecule has 1 saturated heterocycles. The first-order valence-electron chi connectivity index (χ1n) is 10.3. The van der Waals surface area contributed by atoms with Crippen LogP contribution in [0.2, 0.25) is 0 Å². The lowest BCUT2D eigenvalue weighted by Gasteiger charge is -2.22. The van der Waals surface area contributed by atoms with Crippen LogP contribution in [0, 0.1) is 5.82 Å². The van der Waals surface area contributed by atoms with E-state index in [0.29, 0.717) is 23.3 Å². The van der Waals surface area contributed by atoms with Gasteiger partial charge in [0.15, 0.2) is 11.6 Å². The smallest absolute Gasteiger partial charge is 0.387 e. The van der Waals surface area contributed by atoms with E-state index in [4.69, 9.17) is 4.74 Å². The van der Waals surface area contributed by atoms with Gasteiger partial charge < -0.3 is 9.47 Å². The molecular formula is C22H20F3N5O2. The molecule has 0 radical (unpaired) electrons. The number of hydrogen-bond acceptors (Lipinski definition) is 5. The molecule has 7 nitrogen and oxygen atoms in total. The number of pyridine rings is 1. The highest BCUT2D eigenvalue weighted by atomic mass is 19.3. The second-order valence-electron chi connectivity index (χ2n) is 7.55. The summed E-state index contributed by atoms with van der Waals surface area (Å²) in [5.41, 5.74) is 3.13. The van der Waals surface area contributed by atoms with Gasteiger partial charge in [-0.15, -0.1) is 0 Å². The minimum atomic E-state index is -3.13. The van der Waals surface area contributed by atoms with Crippen LogP contribution in [-0.4, -0.2) is 37.8 Å². The molecule has 10 heteroatoms. The number of benzene rings is 1. The number of halogens is 3. The molecule has 1 unspecified atom stereocenters. The van der Waals surface area contributed by atoms with E-state index in [2.05, 4.69) is 19.9 Å². The summed E-state index contributed by atoms with van der Waals surface area (Å²) >= 11 is 0. The predicted molar refractivity (Wildman–Crippen MR) is 110 cm³/mol. The van der Waals surface area contributed by atoms with Gasteiger partial charge in [0.2, 0.25) is 0 Å². The minimum absolute atomic E-state index is 0.0587. The fourth-order valence-corrected chi connectivity index (χ4v) is 3.88. The van der Waals surface area contributed by atoms with Gasteiger partial charge in [0.05, 0.1) is 18.3 Å². The van der Waals surface area contributed by atoms with E-state index in [1.807, 2.05) is 16.9 Å². The lowest BCUT2D eigenvalue weighted by molar-refractivity contribution is -0.0521. The van der Waals surface area contributed by atoms with Gasteiger partial charge in [0.1, 0.15) is 17.4 Å². The van der Waals surface area contributed by atoms with Gasteiger partial charge in [-0.3, -0.25) is 9.67 Å². The normalized spacial score (nSPS) is 16.7. The summed E-state index contributed by atoms with van der Waals surface area (Å²) in [5.74, 6) is -1.41. The largest absolute Gasteiger partial charge is 0.432 e. The van der Waals surface area contributed by atoms with Crippen molar-refractivity contribution in [2.24, 2.45) is 0 Å². The van der Waals surface area contributed by atoms with Gasteiger partial charge in [-0.05, 0) is 49.6 Å². The molecular weight excluding hydrogens is 423 g/mol. The highest BCUT2D eigenvalue weighted by Gasteiger charge is 2.19. The van der Waals surface area contributed by atoms with Crippen LogP contribution in [0.25, 0.3) is 22.3 Å². The maximum Gasteiger partial charge on any atom is 0.387 e. The Kier molecular flexibility index (Phi) is 5.52. The van der Waals surface area contributed by atoms with E-state index in [1.165, 1.54) is 12.1 Å². The Morgan fingerprint density at radius 1 is 1.22 bits per heavy atom. The van der Waals surface area contributed by atoms with Gasteiger partial charge in [0, 0.05) is 30.1 Å². The zero-order chi connectivity index (χ0) is 22.1. The molecule has 0 N–H and O–H groups in total. The van der Waals surface area contributed by atoms with Crippen molar-refractivity contribution in [2.45, 2.75) is 38.6 Å². The van der Waals surface area contributed by atoms with Gasteiger partial charge in [-0.1, -0.05) is 0 Å². The summed E-state index contributed by atoms with van der Waals surface area (Å²) < 4.78 is 52.8. The van der Waals surface area contributed by atoms with Crippen molar-refractivity contribution in [3.8, 4) is 17.0 Å². The molecule has 4 aromatic rings. The summed E-state index contributed by atoms with van der Waals surface area (Å²) in [5, 5.41) is 9.08. The van der Waals surface area contributed by atoms with E-state index >= 15 is 0 Å². The molecule has 1 aromatic carbocycles. The number of aromatic nitrogens is 5. The zero-order valence-corrected chi connectivity index (χ0v) is 17.0. The molecule has 1 atom stereocenters. The summed E-state index contributed by atoms with van der Waals surface area (Å²) in [6.07, 6.45) is 8.36. The lowest BCUT2D eigenvalue weighted by Crippen LogP contribution is -2.18. The highest BCUT2D eigenvalue weighted by molar-refractivity contribution is 5.90. The van der Waals surface area contributed by atoms with Crippen molar-refractivity contribution < 1.29 is 22.6 Å². The highest BCUT2D eigenvalue weighted by Crippen LogP contribution is 2.31. The first-order chi connectivity index (χ1) is 15.6. The molecule has 0 saturated carbocycles. The third-order valence-electron chi connectivity index (χ3n) is 5.37. The Labute approximate surface area is 181 Å². The van der Waals surface area contributed by atoms with Crippen molar-refractivity contribution >= 4 is 11.0 Å². The summed E-state index contributed by atoms with van der Waals surface area (Å²) in [4.78, 5) is 4.40. The molecule has 3 aromatic heterocycles. The van der Waals surface area contributed by atoms with Crippen molar-refractivity contribution in [2.75, 3.05) is 6.61 Å². The Balaban J connectivity index is 1.48. The van der Waals surface area contributed by atoms with Gasteiger partial charge in [-0.2, -0.15) is 19.0 Å². The summed E-state index contributed by atoms with van der Waals surface area (Å²) in [7, 11) is 0. The molecule has 0 amide bonds. The maximum atomic E-state index is 13.9. The number of alkyl halides is 2. The average molecular weight is 443 g/mol. The van der Waals surface area contributed by atoms with E-state index in [0.717, 1.165) is 43.0 Å². The quantitative estimate of drug-likeness (QED) is 0.429. The second-order valence-corrected chi connectivity index (χ2v) is 7.55. The van der Waals surface area contributed by atoms with Crippen molar-refractivity contribution in [3.63, 3.8) is 0 Å². The van der Waals surface area contributed by atoms with Crippen LogP contribution in [0.1, 0.15) is 31.1 Å². The molecule has 32 heavy (non-hydrogen) atoms. The lowest BCUT2D eigenvalue weighted by atomic mass is 10.1. The summed E-state index contributed by atoms with van der Waals surface area (Å²) in [6, 6.07) is 7.41. The average Bonchev–Trinajstić information content (AvgIpc) is 3.41. The van der Waals surface area contributed by atoms with Gasteiger partial charge in [0.25, 0.3) is 0 Å². The Hall–Kier alpha value is -3.40. The van der Waals surface area contributed by atoms with Crippen LogP contribution >= 0.6 is 0 Å². The molecule has 1 aliphatic heterocycles. The number of hydrogen-bond donors (Lipinski definition) is 0. The van der Waals surface area contributed by atoms with Gasteiger partial charge >= 0.3 is 6.61 Å². The Morgan fingerprint density at radius 3 is 2.94 bits per heavy atom. The van der Waals surface area contributed by atoms with Crippen LogP contribution in [0.15, 0.2) is 48.9 Å². The molecule has 166 valence electrons. The van der Waals surface area contributed by atoms with E-state index in [-0.39, 0.29) is 6.23 Å². The fourth-order valence-electron chi connectivity index (χ4n) is 3.88. The third kappa shape index (κ3) is 4.05. The van der Waals surface area contributed by atoms with Crippen molar-refractivity contribution in [1.82, 2.24) is 24.5 Å². The Bertz CT molecular complexity index is 1230. The van der Waals surface area contributed by atoms with E-state index in [9.17, 15) is 13.2 Å². The molecule has 4 heterocycles. The maximum absolute atomic E-state index is 13.9. The minimum Gasteiger partial charge on any atom is -0.432 e. The number of fused-ring (bicyclic) bond motifs is 1. The van der Waals surface area contributed by atoms with Crippen LogP contribution in [-0.2, 0) is 11.3 Å². The molecule has 0 spiro atoms. The third-order valence-corrected chi connectivity index (χ3v) is 5.37. The SMILES string of the molecule is Fc1ccc(-c2nn(Cc3cnn(C4CCCCO4)c3)c3cccnc23)cc1OC(F)F. The number of ether oxygens (including phenoxy) is 2. The van der Waals surface area contributed by atoms with Crippen LogP contribution in [0.3, 0.4) is 0 Å². The monoisotopic (exact) mass is 443 g/mol. The van der Waals surface area contributed by atoms with Crippen LogP contribution in [0.5, 0.6) is 5.75 Å². The van der Waals surface area contributed by atoms with Crippen molar-refractivity contribution in [3.05, 3.63) is 60.3 Å². The fraction of sp³-hybridized carbons (Fsp3) is 0.318. The topological polar surface area (TPSA) is 67.0 Å². The van der Waals surface area contributed by atoms with Crippen LogP contribution < -0.4 is 4.74 Å². The number of nitrogens with zero attached hydrogens (tertiary/aromatic N) is 5. The zero-order valence-electron chi connectivity index (χ0n) is 17.0. The standard InChI is InChI=1S/C22H20F3N5O2/c23-16-7-6-15(10-18(16)32-22(24)25)20-21-17(4-3-8-26-21)29(28-20)12-14-11-27-30(13-14)19-5-1-2-9-31-19/h3-4,6-8,10-11,13,19,22H,1-2,5,9,12H2. The van der Waals surface area contributed by atoms with E-state index in [1.54, 1.807) is 23.1 Å². The molecule has 0 aliphatic carbocycles. The number of rotatable bonds is 6. The molecule has 1 aliphatic rings. The first kappa shape index (κ1) is 20.5. The van der Waals surface area contributed by atoms with Crippen molar-refractivity contribution in [1.29, 1.82) is 0 Å². The van der Waals surface area contributed by atoms with Gasteiger partial charge in [-0.25, -0.2) is 9.07 Å². The molecule has 5 rings (SSSR count).